The van der Waals surface area contributed by atoms with Gasteiger partial charge in [0.2, 0.25) is 27.6 Å². The predicted octanol–water partition coefficient (Wildman–Crippen LogP) is 1.23. The van der Waals surface area contributed by atoms with E-state index >= 15 is 0 Å². The second-order valence-corrected chi connectivity index (χ2v) is 16.8. The van der Waals surface area contributed by atoms with Gasteiger partial charge in [-0.1, -0.05) is 61.3 Å². The molecule has 13 nitrogen and oxygen atoms in total. The van der Waals surface area contributed by atoms with E-state index in [1.807, 2.05) is 48.5 Å². The van der Waals surface area contributed by atoms with Crippen molar-refractivity contribution in [3.8, 4) is 0 Å². The summed E-state index contributed by atoms with van der Waals surface area (Å²) in [4.78, 5) is 67.8. The number of carbonyl (C=O) groups excluding carboxylic acids is 5. The highest BCUT2D eigenvalue weighted by atomic mass is 32.2. The third-order valence-electron chi connectivity index (χ3n) is 9.32. The quantitative estimate of drug-likeness (QED) is 0.216. The lowest BCUT2D eigenvalue weighted by Gasteiger charge is -2.36. The first-order valence-electron chi connectivity index (χ1n) is 16.3. The van der Waals surface area contributed by atoms with Crippen molar-refractivity contribution in [2.75, 3.05) is 32.4 Å². The molecule has 5 amide bonds. The fraction of sp³-hybridized carbons (Fsp3) is 0.839. The summed E-state index contributed by atoms with van der Waals surface area (Å²) < 4.78 is 26.2. The van der Waals surface area contributed by atoms with Gasteiger partial charge in [0.15, 0.2) is 0 Å². The van der Waals surface area contributed by atoms with Crippen LogP contribution in [0.25, 0.3) is 0 Å². The first kappa shape index (κ1) is 36.7. The van der Waals surface area contributed by atoms with Gasteiger partial charge in [0.25, 0.3) is 5.91 Å². The van der Waals surface area contributed by atoms with Gasteiger partial charge in [-0.2, -0.15) is 4.31 Å². The Morgan fingerprint density at radius 2 is 1.60 bits per heavy atom. The normalized spacial score (nSPS) is 23.8. The third kappa shape index (κ3) is 9.63. The summed E-state index contributed by atoms with van der Waals surface area (Å²) in [5.74, 6) is -1.91. The topological polar surface area (TPSA) is 174 Å². The smallest absolute Gasteiger partial charge is 0.315 e. The Labute approximate surface area is 268 Å². The van der Waals surface area contributed by atoms with E-state index in [0.717, 1.165) is 12.8 Å². The molecule has 0 bridgehead atoms. The lowest BCUT2D eigenvalue weighted by molar-refractivity contribution is -0.143. The van der Waals surface area contributed by atoms with E-state index in [2.05, 4.69) is 21.3 Å². The van der Waals surface area contributed by atoms with Crippen molar-refractivity contribution in [2.24, 2.45) is 29.1 Å². The number of hydrogen-bond donors (Lipinski definition) is 4. The van der Waals surface area contributed by atoms with Crippen LogP contribution in [-0.2, 0) is 29.2 Å². The number of urea groups is 1. The van der Waals surface area contributed by atoms with E-state index in [9.17, 15) is 32.4 Å². The Balaban J connectivity index is 1.79. The molecule has 0 aromatic carbocycles. The number of Topliss-reactive ketones (excluding diaryl/α,β-unsaturated/α-hetero) is 1. The first-order chi connectivity index (χ1) is 20.8. The average molecular weight is 655 g/mol. The van der Waals surface area contributed by atoms with Gasteiger partial charge in [-0.25, -0.2) is 13.2 Å². The number of amides is 5. The number of carbonyl (C=O) groups is 5. The molecular formula is C31H54N6O7S. The number of sulfonamides is 1. The van der Waals surface area contributed by atoms with Crippen LogP contribution in [0.5, 0.6) is 0 Å². The zero-order valence-electron chi connectivity index (χ0n) is 28.1. The number of ketones is 1. The summed E-state index contributed by atoms with van der Waals surface area (Å²) in [6, 6.07) is -3.93. The molecule has 4 N–H and O–H groups in total. The fourth-order valence-electron chi connectivity index (χ4n) is 6.01. The van der Waals surface area contributed by atoms with Gasteiger partial charge in [0, 0.05) is 32.7 Å². The van der Waals surface area contributed by atoms with Crippen molar-refractivity contribution < 1.29 is 32.4 Å². The van der Waals surface area contributed by atoms with E-state index < -0.39 is 69.1 Å². The maximum absolute atomic E-state index is 14.2. The zero-order valence-corrected chi connectivity index (χ0v) is 29.0. The molecule has 14 heteroatoms. The number of rotatable bonds is 13. The monoisotopic (exact) mass is 654 g/mol. The second kappa shape index (κ2) is 14.8. The van der Waals surface area contributed by atoms with Crippen LogP contribution < -0.4 is 21.3 Å². The highest BCUT2D eigenvalue weighted by molar-refractivity contribution is 7.89. The molecule has 256 valence electrons. The Bertz CT molecular complexity index is 1230. The highest BCUT2D eigenvalue weighted by Gasteiger charge is 2.46. The summed E-state index contributed by atoms with van der Waals surface area (Å²) in [7, 11) is -1.98. The minimum Gasteiger partial charge on any atom is -0.353 e. The Morgan fingerprint density at radius 1 is 0.956 bits per heavy atom. The van der Waals surface area contributed by atoms with Crippen LogP contribution in [0.1, 0.15) is 80.6 Å². The van der Waals surface area contributed by atoms with Crippen LogP contribution in [0.3, 0.4) is 0 Å². The average Bonchev–Trinajstić information content (AvgIpc) is 3.53. The molecule has 0 aromatic heterocycles. The van der Waals surface area contributed by atoms with Gasteiger partial charge < -0.3 is 26.2 Å². The number of nitrogens with zero attached hydrogens (tertiary/aromatic N) is 2. The number of nitrogens with one attached hydrogen (secondary N) is 4. The van der Waals surface area contributed by atoms with Gasteiger partial charge >= 0.3 is 6.03 Å². The molecule has 2 saturated heterocycles. The lowest BCUT2D eigenvalue weighted by atomic mass is 9.85. The van der Waals surface area contributed by atoms with E-state index in [-0.39, 0.29) is 36.0 Å². The van der Waals surface area contributed by atoms with Crippen LogP contribution in [0.15, 0.2) is 0 Å². The zero-order chi connectivity index (χ0) is 33.9. The Morgan fingerprint density at radius 3 is 2.09 bits per heavy atom. The largest absolute Gasteiger partial charge is 0.353 e. The maximum Gasteiger partial charge on any atom is 0.315 e. The number of likely N-dealkylation sites (tertiary alicyclic amines) is 1. The van der Waals surface area contributed by atoms with E-state index in [0.29, 0.717) is 32.4 Å². The molecule has 5 atom stereocenters. The van der Waals surface area contributed by atoms with Crippen molar-refractivity contribution in [1.29, 1.82) is 0 Å². The standard InChI is InChI=1S/C31H54N6O7S/c1-18(2)21-15-24(27(39)33-22(14-20-10-11-20)25(38)28(40)32-8)37(16-21)29(41)26(31(5,6)7)35-30(42)34-23(19(3)4)17-36-12-9-13-45(36,43)44/h18-24,26H,9-17H2,1-8H3,(H,32,40)(H,33,39)(H2,34,35,42)/t21?,22?,23-,24+,26-/m1/s1. The molecule has 0 spiro atoms. The lowest BCUT2D eigenvalue weighted by Crippen LogP contribution is -2.61. The molecule has 0 aromatic rings. The minimum absolute atomic E-state index is 0.0170. The van der Waals surface area contributed by atoms with Gasteiger partial charge in [0.1, 0.15) is 12.1 Å². The van der Waals surface area contributed by atoms with Crippen molar-refractivity contribution in [3.63, 3.8) is 0 Å². The second-order valence-electron chi connectivity index (χ2n) is 14.7. The fourth-order valence-corrected chi connectivity index (χ4v) is 7.55. The van der Waals surface area contributed by atoms with Crippen molar-refractivity contribution in [3.05, 3.63) is 0 Å². The van der Waals surface area contributed by atoms with Gasteiger partial charge in [0.05, 0.1) is 11.8 Å². The minimum atomic E-state index is -3.35. The molecule has 2 aliphatic heterocycles. The van der Waals surface area contributed by atoms with Gasteiger partial charge in [-0.3, -0.25) is 19.2 Å². The van der Waals surface area contributed by atoms with Crippen molar-refractivity contribution >= 4 is 39.6 Å². The summed E-state index contributed by atoms with van der Waals surface area (Å²) >= 11 is 0. The van der Waals surface area contributed by atoms with E-state index in [1.54, 1.807) is 0 Å². The summed E-state index contributed by atoms with van der Waals surface area (Å²) in [5.41, 5.74) is -0.735. The number of likely N-dealkylation sites (N-methyl/N-ethyl adjacent to an activating group) is 1. The Hall–Kier alpha value is -2.74. The van der Waals surface area contributed by atoms with E-state index in [4.69, 9.17) is 0 Å². The first-order valence-corrected chi connectivity index (χ1v) is 17.9. The predicted molar refractivity (Wildman–Crippen MR) is 170 cm³/mol. The van der Waals surface area contributed by atoms with Crippen LogP contribution in [0.4, 0.5) is 4.79 Å². The molecule has 1 saturated carbocycles. The molecule has 2 unspecified atom stereocenters. The molecule has 0 radical (unpaired) electrons. The van der Waals surface area contributed by atoms with Crippen LogP contribution >= 0.6 is 0 Å². The van der Waals surface area contributed by atoms with Crippen LogP contribution in [0, 0.1) is 29.1 Å². The number of hydrogen-bond acceptors (Lipinski definition) is 7. The maximum atomic E-state index is 14.2. The Kier molecular flexibility index (Phi) is 12.1. The molecule has 3 aliphatic rings. The molecule has 2 heterocycles. The van der Waals surface area contributed by atoms with Crippen LogP contribution in [0.2, 0.25) is 0 Å². The van der Waals surface area contributed by atoms with Crippen LogP contribution in [-0.4, -0.2) is 104 Å². The summed E-state index contributed by atoms with van der Waals surface area (Å²) in [6.07, 6.45) is 3.17. The molecule has 3 rings (SSSR count). The molecular weight excluding hydrogens is 600 g/mol. The molecule has 3 fully saturated rings. The SMILES string of the molecule is CNC(=O)C(=O)C(CC1CC1)NC(=O)[C@@H]1CC(C(C)C)CN1C(=O)[C@@H](NC(=O)N[C@H](CN1CCCS1(=O)=O)C(C)C)C(C)(C)C. The summed E-state index contributed by atoms with van der Waals surface area (Å²) in [6.45, 7) is 14.2. The highest BCUT2D eigenvalue weighted by Crippen LogP contribution is 2.35. The van der Waals surface area contributed by atoms with Crippen molar-refractivity contribution in [1.82, 2.24) is 30.5 Å². The third-order valence-corrected chi connectivity index (χ3v) is 11.2. The molecule has 1 aliphatic carbocycles. The van der Waals surface area contributed by atoms with Crippen molar-refractivity contribution in [2.45, 2.75) is 105 Å². The summed E-state index contributed by atoms with van der Waals surface area (Å²) in [5, 5.41) is 10.9. The van der Waals surface area contributed by atoms with E-state index in [1.165, 1.54) is 16.3 Å². The van der Waals surface area contributed by atoms with Gasteiger partial charge in [-0.05, 0) is 48.3 Å². The van der Waals surface area contributed by atoms with Gasteiger partial charge in [-0.15, -0.1) is 0 Å². The molecule has 45 heavy (non-hydrogen) atoms.